The molecule has 0 aliphatic carbocycles. The molecule has 0 aliphatic rings. The van der Waals surface area contributed by atoms with Crippen LogP contribution in [-0.2, 0) is 12.6 Å². The third kappa shape index (κ3) is 3.02. The van der Waals surface area contributed by atoms with Crippen LogP contribution in [0.3, 0.4) is 0 Å². The number of nitrogens with one attached hydrogen (secondary N) is 1. The summed E-state index contributed by atoms with van der Waals surface area (Å²) >= 11 is 0. The second-order valence-corrected chi connectivity index (χ2v) is 3.16. The number of halogens is 3. The van der Waals surface area contributed by atoms with E-state index in [1.807, 2.05) is 0 Å². The maximum atomic E-state index is 12.1. The molecular formula is C8H11F3N2O. The minimum Gasteiger partial charge on any atom is -0.393 e. The third-order valence-corrected chi connectivity index (χ3v) is 1.75. The minimum atomic E-state index is -4.40. The van der Waals surface area contributed by atoms with Crippen LogP contribution < -0.4 is 0 Å². The number of aliphatic hydroxyl groups is 1. The van der Waals surface area contributed by atoms with Gasteiger partial charge in [-0.25, -0.2) is 0 Å². The highest BCUT2D eigenvalue weighted by Gasteiger charge is 2.33. The van der Waals surface area contributed by atoms with Gasteiger partial charge < -0.3 is 5.11 Å². The molecule has 0 saturated carbocycles. The number of aryl methyl sites for hydroxylation is 1. The van der Waals surface area contributed by atoms with Crippen molar-refractivity contribution in [2.75, 3.05) is 0 Å². The Kier molecular flexibility index (Phi) is 3.15. The number of aromatic amines is 1. The zero-order chi connectivity index (χ0) is 10.8. The SMILES string of the molecule is CC(O)CCc1cc(C(F)(F)F)n[nH]1. The Morgan fingerprint density at radius 3 is 2.64 bits per heavy atom. The predicted octanol–water partition coefficient (Wildman–Crippen LogP) is 1.74. The monoisotopic (exact) mass is 208 g/mol. The molecule has 1 unspecified atom stereocenters. The molecule has 3 nitrogen and oxygen atoms in total. The van der Waals surface area contributed by atoms with Crippen LogP contribution in [0.5, 0.6) is 0 Å². The molecule has 0 aromatic carbocycles. The van der Waals surface area contributed by atoms with Gasteiger partial charge in [-0.1, -0.05) is 0 Å². The van der Waals surface area contributed by atoms with Crippen LogP contribution in [-0.4, -0.2) is 21.4 Å². The summed E-state index contributed by atoms with van der Waals surface area (Å²) in [6.45, 7) is 1.58. The van der Waals surface area contributed by atoms with Crippen molar-refractivity contribution in [1.82, 2.24) is 10.2 Å². The van der Waals surface area contributed by atoms with Crippen molar-refractivity contribution in [3.05, 3.63) is 17.5 Å². The first-order chi connectivity index (χ1) is 6.39. The third-order valence-electron chi connectivity index (χ3n) is 1.75. The first kappa shape index (κ1) is 11.0. The van der Waals surface area contributed by atoms with Crippen molar-refractivity contribution in [2.24, 2.45) is 0 Å². The molecule has 0 radical (unpaired) electrons. The highest BCUT2D eigenvalue weighted by atomic mass is 19.4. The number of aromatic nitrogens is 2. The lowest BCUT2D eigenvalue weighted by atomic mass is 10.2. The minimum absolute atomic E-state index is 0.362. The predicted molar refractivity (Wildman–Crippen MR) is 43.6 cm³/mol. The molecule has 1 aromatic heterocycles. The fourth-order valence-electron chi connectivity index (χ4n) is 0.999. The molecule has 2 N–H and O–H groups in total. The number of H-pyrrole nitrogens is 1. The van der Waals surface area contributed by atoms with Crippen LogP contribution in [0.2, 0.25) is 0 Å². The highest BCUT2D eigenvalue weighted by Crippen LogP contribution is 2.27. The molecule has 1 atom stereocenters. The lowest BCUT2D eigenvalue weighted by Gasteiger charge is -2.00. The number of aliphatic hydroxyl groups excluding tert-OH is 1. The van der Waals surface area contributed by atoms with Gasteiger partial charge in [0.15, 0.2) is 5.69 Å². The molecule has 0 amide bonds. The molecule has 0 aliphatic heterocycles. The summed E-state index contributed by atoms with van der Waals surface area (Å²) in [5, 5.41) is 14.3. The highest BCUT2D eigenvalue weighted by molar-refractivity contribution is 5.11. The number of nitrogens with zero attached hydrogens (tertiary/aromatic N) is 1. The summed E-state index contributed by atoms with van der Waals surface area (Å²) in [5.41, 5.74) is -0.531. The molecule has 0 spiro atoms. The van der Waals surface area contributed by atoms with Crippen LogP contribution in [0.15, 0.2) is 6.07 Å². The average Bonchev–Trinajstić information content (AvgIpc) is 2.47. The Hall–Kier alpha value is -1.04. The van der Waals surface area contributed by atoms with E-state index in [0.29, 0.717) is 18.5 Å². The Morgan fingerprint density at radius 1 is 1.57 bits per heavy atom. The van der Waals surface area contributed by atoms with E-state index in [0.717, 1.165) is 6.07 Å². The number of hydrogen-bond donors (Lipinski definition) is 2. The van der Waals surface area contributed by atoms with Crippen molar-refractivity contribution in [1.29, 1.82) is 0 Å². The van der Waals surface area contributed by atoms with Gasteiger partial charge in [-0.05, 0) is 25.8 Å². The summed E-state index contributed by atoms with van der Waals surface area (Å²) in [6.07, 6.45) is -4.15. The number of alkyl halides is 3. The average molecular weight is 208 g/mol. The van der Waals surface area contributed by atoms with E-state index in [9.17, 15) is 13.2 Å². The summed E-state index contributed by atoms with van der Waals surface area (Å²) in [7, 11) is 0. The van der Waals surface area contributed by atoms with Gasteiger partial charge in [-0.2, -0.15) is 18.3 Å². The van der Waals surface area contributed by atoms with E-state index < -0.39 is 18.0 Å². The smallest absolute Gasteiger partial charge is 0.393 e. The van der Waals surface area contributed by atoms with E-state index in [4.69, 9.17) is 5.11 Å². The first-order valence-corrected chi connectivity index (χ1v) is 4.19. The van der Waals surface area contributed by atoms with Crippen molar-refractivity contribution in [3.63, 3.8) is 0 Å². The van der Waals surface area contributed by atoms with Gasteiger partial charge in [0.25, 0.3) is 0 Å². The van der Waals surface area contributed by atoms with Crippen molar-refractivity contribution < 1.29 is 18.3 Å². The maximum Gasteiger partial charge on any atom is 0.435 e. The summed E-state index contributed by atoms with van der Waals surface area (Å²) in [6, 6.07) is 0.961. The van der Waals surface area contributed by atoms with Crippen LogP contribution in [0, 0.1) is 0 Å². The summed E-state index contributed by atoms with van der Waals surface area (Å²) < 4.78 is 36.2. The van der Waals surface area contributed by atoms with E-state index in [-0.39, 0.29) is 0 Å². The molecule has 0 saturated heterocycles. The zero-order valence-electron chi connectivity index (χ0n) is 7.60. The van der Waals surface area contributed by atoms with Crippen molar-refractivity contribution in [2.45, 2.75) is 32.0 Å². The second kappa shape index (κ2) is 4.00. The molecule has 6 heteroatoms. The second-order valence-electron chi connectivity index (χ2n) is 3.16. The molecule has 1 aromatic rings. The normalized spacial score (nSPS) is 14.4. The number of hydrogen-bond acceptors (Lipinski definition) is 2. The first-order valence-electron chi connectivity index (χ1n) is 4.19. The molecule has 80 valence electrons. The zero-order valence-corrected chi connectivity index (χ0v) is 7.60. The molecule has 1 heterocycles. The summed E-state index contributed by atoms with van der Waals surface area (Å²) in [5.74, 6) is 0. The van der Waals surface area contributed by atoms with Gasteiger partial charge in [-0.15, -0.1) is 0 Å². The Labute approximate surface area is 78.9 Å². The van der Waals surface area contributed by atoms with Crippen molar-refractivity contribution >= 4 is 0 Å². The van der Waals surface area contributed by atoms with E-state index in [1.165, 1.54) is 0 Å². The standard InChI is InChI=1S/C8H11F3N2O/c1-5(14)2-3-6-4-7(13-12-6)8(9,10)11/h4-5,14H,2-3H2,1H3,(H,12,13). The van der Waals surface area contributed by atoms with Crippen LogP contribution in [0.4, 0.5) is 13.2 Å². The quantitative estimate of drug-likeness (QED) is 0.794. The fraction of sp³-hybridized carbons (Fsp3) is 0.625. The maximum absolute atomic E-state index is 12.1. The Bertz CT molecular complexity index is 293. The molecule has 1 rings (SSSR count). The van der Waals surface area contributed by atoms with Gasteiger partial charge in [0.05, 0.1) is 6.10 Å². The lowest BCUT2D eigenvalue weighted by Crippen LogP contribution is -2.04. The van der Waals surface area contributed by atoms with E-state index >= 15 is 0 Å². The van der Waals surface area contributed by atoms with Gasteiger partial charge >= 0.3 is 6.18 Å². The van der Waals surface area contributed by atoms with Crippen LogP contribution in [0.1, 0.15) is 24.7 Å². The Balaban J connectivity index is 2.60. The van der Waals surface area contributed by atoms with Gasteiger partial charge in [0, 0.05) is 5.69 Å². The lowest BCUT2D eigenvalue weighted by molar-refractivity contribution is -0.141. The Morgan fingerprint density at radius 2 is 2.21 bits per heavy atom. The molecule has 0 bridgehead atoms. The van der Waals surface area contributed by atoms with Gasteiger partial charge in [0.1, 0.15) is 0 Å². The molecular weight excluding hydrogens is 197 g/mol. The van der Waals surface area contributed by atoms with Crippen LogP contribution in [0.25, 0.3) is 0 Å². The van der Waals surface area contributed by atoms with E-state index in [2.05, 4.69) is 10.2 Å². The molecule has 0 fully saturated rings. The number of rotatable bonds is 3. The van der Waals surface area contributed by atoms with Crippen LogP contribution >= 0.6 is 0 Å². The van der Waals surface area contributed by atoms with E-state index in [1.54, 1.807) is 6.92 Å². The van der Waals surface area contributed by atoms with Crippen molar-refractivity contribution in [3.8, 4) is 0 Å². The summed E-state index contributed by atoms with van der Waals surface area (Å²) in [4.78, 5) is 0. The van der Waals surface area contributed by atoms with Gasteiger partial charge in [0.2, 0.25) is 0 Å². The molecule has 14 heavy (non-hydrogen) atoms. The van der Waals surface area contributed by atoms with Gasteiger partial charge in [-0.3, -0.25) is 5.10 Å². The fourth-order valence-corrected chi connectivity index (χ4v) is 0.999. The largest absolute Gasteiger partial charge is 0.435 e. The topological polar surface area (TPSA) is 48.9 Å².